The number of sulfonamides is 1. The lowest BCUT2D eigenvalue weighted by molar-refractivity contribution is -0.129. The molecule has 1 aromatic rings. The third-order valence-corrected chi connectivity index (χ3v) is 4.38. The van der Waals surface area contributed by atoms with Crippen molar-refractivity contribution in [1.29, 1.82) is 0 Å². The van der Waals surface area contributed by atoms with Gasteiger partial charge in [-0.3, -0.25) is 9.48 Å². The zero-order valence-corrected chi connectivity index (χ0v) is 10.9. The number of carbonyl (C=O) groups is 1. The third kappa shape index (κ3) is 2.70. The molecule has 1 saturated heterocycles. The van der Waals surface area contributed by atoms with Crippen LogP contribution in [-0.4, -0.2) is 46.8 Å². The number of amides is 1. The minimum Gasteiger partial charge on any atom is -0.337 e. The summed E-state index contributed by atoms with van der Waals surface area (Å²) in [5.74, 6) is -0.173. The average molecular weight is 272 g/mol. The van der Waals surface area contributed by atoms with Crippen LogP contribution < -0.4 is 5.14 Å². The molecule has 0 bridgehead atoms. The fraction of sp³-hybridized carbons (Fsp3) is 0.600. The molecule has 0 saturated carbocycles. The standard InChI is InChI=1S/C10H16N4O3S/c1-8(6-13-4-2-3-12-13)14-7-9(5-10(14)15)18(11,16)17/h2-4,8-9H,5-7H2,1H3,(H2,11,16,17). The summed E-state index contributed by atoms with van der Waals surface area (Å²) in [5.41, 5.74) is 0. The number of nitrogens with zero attached hydrogens (tertiary/aromatic N) is 3. The van der Waals surface area contributed by atoms with Gasteiger partial charge in [0.1, 0.15) is 5.25 Å². The number of hydrogen-bond donors (Lipinski definition) is 1. The number of primary sulfonamides is 1. The third-order valence-electron chi connectivity index (χ3n) is 3.13. The van der Waals surface area contributed by atoms with Crippen LogP contribution in [0, 0.1) is 0 Å². The van der Waals surface area contributed by atoms with Gasteiger partial charge in [-0.25, -0.2) is 13.6 Å². The lowest BCUT2D eigenvalue weighted by Gasteiger charge is -2.24. The number of likely N-dealkylation sites (tertiary alicyclic amines) is 1. The zero-order valence-electron chi connectivity index (χ0n) is 10.1. The molecule has 2 heterocycles. The number of hydrogen-bond acceptors (Lipinski definition) is 4. The molecule has 100 valence electrons. The highest BCUT2D eigenvalue weighted by atomic mass is 32.2. The second-order valence-corrected chi connectivity index (χ2v) is 6.38. The van der Waals surface area contributed by atoms with Gasteiger partial charge in [0, 0.05) is 31.4 Å². The molecule has 2 unspecified atom stereocenters. The van der Waals surface area contributed by atoms with Crippen molar-refractivity contribution in [3.8, 4) is 0 Å². The molecule has 2 rings (SSSR count). The Labute approximate surface area is 106 Å². The van der Waals surface area contributed by atoms with Gasteiger partial charge in [0.25, 0.3) is 0 Å². The molecule has 8 heteroatoms. The van der Waals surface area contributed by atoms with Crippen molar-refractivity contribution in [1.82, 2.24) is 14.7 Å². The Kier molecular flexibility index (Phi) is 3.40. The van der Waals surface area contributed by atoms with Crippen molar-refractivity contribution >= 4 is 15.9 Å². The molecule has 1 aliphatic heterocycles. The summed E-state index contributed by atoms with van der Waals surface area (Å²) >= 11 is 0. The first-order valence-corrected chi connectivity index (χ1v) is 7.27. The summed E-state index contributed by atoms with van der Waals surface area (Å²) < 4.78 is 24.2. The number of rotatable bonds is 4. The molecule has 1 aliphatic rings. The molecular weight excluding hydrogens is 256 g/mol. The maximum absolute atomic E-state index is 11.8. The quantitative estimate of drug-likeness (QED) is 0.772. The molecule has 2 N–H and O–H groups in total. The average Bonchev–Trinajstić information content (AvgIpc) is 2.85. The van der Waals surface area contributed by atoms with Crippen molar-refractivity contribution in [2.75, 3.05) is 6.54 Å². The first kappa shape index (κ1) is 13.0. The highest BCUT2D eigenvalue weighted by Gasteiger charge is 2.38. The van der Waals surface area contributed by atoms with Crippen LogP contribution in [0.5, 0.6) is 0 Å². The Morgan fingerprint density at radius 1 is 1.61 bits per heavy atom. The van der Waals surface area contributed by atoms with Crippen molar-refractivity contribution < 1.29 is 13.2 Å². The Bertz CT molecular complexity index is 525. The van der Waals surface area contributed by atoms with E-state index in [1.54, 1.807) is 28.0 Å². The summed E-state index contributed by atoms with van der Waals surface area (Å²) in [7, 11) is -3.65. The Morgan fingerprint density at radius 3 is 2.83 bits per heavy atom. The van der Waals surface area contributed by atoms with E-state index in [0.29, 0.717) is 6.54 Å². The van der Waals surface area contributed by atoms with E-state index in [2.05, 4.69) is 5.10 Å². The highest BCUT2D eigenvalue weighted by molar-refractivity contribution is 7.89. The lowest BCUT2D eigenvalue weighted by atomic mass is 10.3. The van der Waals surface area contributed by atoms with E-state index in [0.717, 1.165) is 0 Å². The van der Waals surface area contributed by atoms with Crippen LogP contribution in [-0.2, 0) is 21.4 Å². The smallest absolute Gasteiger partial charge is 0.224 e. The van der Waals surface area contributed by atoms with Crippen LogP contribution >= 0.6 is 0 Å². The van der Waals surface area contributed by atoms with Gasteiger partial charge >= 0.3 is 0 Å². The molecular formula is C10H16N4O3S. The fourth-order valence-corrected chi connectivity index (χ4v) is 2.86. The van der Waals surface area contributed by atoms with E-state index < -0.39 is 15.3 Å². The van der Waals surface area contributed by atoms with Crippen LogP contribution in [0.25, 0.3) is 0 Å². The molecule has 0 radical (unpaired) electrons. The monoisotopic (exact) mass is 272 g/mol. The molecule has 1 aromatic heterocycles. The fourth-order valence-electron chi connectivity index (χ4n) is 2.12. The van der Waals surface area contributed by atoms with Crippen LogP contribution in [0.3, 0.4) is 0 Å². The maximum Gasteiger partial charge on any atom is 0.224 e. The SMILES string of the molecule is CC(Cn1cccn1)N1CC(S(N)(=O)=O)CC1=O. The van der Waals surface area contributed by atoms with Crippen molar-refractivity contribution in [3.05, 3.63) is 18.5 Å². The predicted molar refractivity (Wildman–Crippen MR) is 64.9 cm³/mol. The number of nitrogens with two attached hydrogens (primary N) is 1. The summed E-state index contributed by atoms with van der Waals surface area (Å²) in [6.45, 7) is 2.57. The highest BCUT2D eigenvalue weighted by Crippen LogP contribution is 2.19. The summed E-state index contributed by atoms with van der Waals surface area (Å²) in [4.78, 5) is 13.3. The largest absolute Gasteiger partial charge is 0.337 e. The summed E-state index contributed by atoms with van der Waals surface area (Å²) in [6, 6.07) is 1.69. The van der Waals surface area contributed by atoms with Gasteiger partial charge in [0.15, 0.2) is 0 Å². The van der Waals surface area contributed by atoms with E-state index in [-0.39, 0.29) is 24.9 Å². The van der Waals surface area contributed by atoms with Crippen LogP contribution in [0.2, 0.25) is 0 Å². The van der Waals surface area contributed by atoms with E-state index in [1.807, 2.05) is 6.92 Å². The van der Waals surface area contributed by atoms with Crippen LogP contribution in [0.4, 0.5) is 0 Å². The first-order valence-electron chi connectivity index (χ1n) is 5.66. The van der Waals surface area contributed by atoms with Gasteiger partial charge in [0.05, 0.1) is 6.54 Å². The molecule has 1 amide bonds. The normalized spacial score (nSPS) is 22.4. The molecule has 7 nitrogen and oxygen atoms in total. The Balaban J connectivity index is 2.03. The van der Waals surface area contributed by atoms with Crippen LogP contribution in [0.15, 0.2) is 18.5 Å². The van der Waals surface area contributed by atoms with Gasteiger partial charge in [0.2, 0.25) is 15.9 Å². The van der Waals surface area contributed by atoms with Crippen molar-refractivity contribution in [2.24, 2.45) is 5.14 Å². The predicted octanol–water partition coefficient (Wildman–Crippen LogP) is -0.839. The van der Waals surface area contributed by atoms with E-state index in [9.17, 15) is 13.2 Å². The van der Waals surface area contributed by atoms with Gasteiger partial charge in [-0.1, -0.05) is 0 Å². The molecule has 0 aliphatic carbocycles. The van der Waals surface area contributed by atoms with E-state index >= 15 is 0 Å². The summed E-state index contributed by atoms with van der Waals surface area (Å²) in [5, 5.41) is 8.35. The summed E-state index contributed by atoms with van der Waals surface area (Å²) in [6.07, 6.45) is 3.43. The van der Waals surface area contributed by atoms with E-state index in [1.165, 1.54) is 0 Å². The molecule has 0 spiro atoms. The topological polar surface area (TPSA) is 98.3 Å². The van der Waals surface area contributed by atoms with Gasteiger partial charge in [-0.2, -0.15) is 5.10 Å². The number of aromatic nitrogens is 2. The lowest BCUT2D eigenvalue weighted by Crippen LogP contribution is -2.39. The zero-order chi connectivity index (χ0) is 13.3. The van der Waals surface area contributed by atoms with Crippen molar-refractivity contribution in [3.63, 3.8) is 0 Å². The van der Waals surface area contributed by atoms with Gasteiger partial charge < -0.3 is 4.90 Å². The molecule has 18 heavy (non-hydrogen) atoms. The number of carbonyl (C=O) groups excluding carboxylic acids is 1. The molecule has 1 fully saturated rings. The minimum atomic E-state index is -3.65. The molecule has 2 atom stereocenters. The van der Waals surface area contributed by atoms with Gasteiger partial charge in [-0.15, -0.1) is 0 Å². The first-order chi connectivity index (χ1) is 8.38. The maximum atomic E-state index is 11.8. The van der Waals surface area contributed by atoms with Gasteiger partial charge in [-0.05, 0) is 13.0 Å². The van der Waals surface area contributed by atoms with E-state index in [4.69, 9.17) is 5.14 Å². The van der Waals surface area contributed by atoms with Crippen molar-refractivity contribution in [2.45, 2.75) is 31.2 Å². The second-order valence-electron chi connectivity index (χ2n) is 4.54. The Hall–Kier alpha value is -1.41. The second kappa shape index (κ2) is 4.69. The Morgan fingerprint density at radius 2 is 2.33 bits per heavy atom. The van der Waals surface area contributed by atoms with Crippen LogP contribution in [0.1, 0.15) is 13.3 Å². The molecule has 0 aromatic carbocycles. The minimum absolute atomic E-state index is 0.0255.